The van der Waals surface area contributed by atoms with E-state index in [0.29, 0.717) is 12.1 Å². The first-order valence-electron chi connectivity index (χ1n) is 6.65. The lowest BCUT2D eigenvalue weighted by Crippen LogP contribution is -2.41. The maximum atomic E-state index is 6.45. The lowest BCUT2D eigenvalue weighted by Gasteiger charge is -2.37. The highest BCUT2D eigenvalue weighted by Crippen LogP contribution is 2.42. The monoisotopic (exact) mass is 263 g/mol. The van der Waals surface area contributed by atoms with E-state index < -0.39 is 0 Å². The summed E-state index contributed by atoms with van der Waals surface area (Å²) in [6.07, 6.45) is 7.11. The zero-order valence-electron chi connectivity index (χ0n) is 10.7. The summed E-state index contributed by atoms with van der Waals surface area (Å²) in [5, 5.41) is 0.740. The Morgan fingerprint density at radius 3 is 2.61 bits per heavy atom. The first kappa shape index (κ1) is 12.0. The number of piperidine rings is 1. The first-order valence-corrected chi connectivity index (χ1v) is 7.02. The minimum Gasteiger partial charge on any atom is -0.349 e. The molecule has 3 nitrogen and oxygen atoms in total. The molecule has 0 unspecified atom stereocenters. The molecule has 2 atom stereocenters. The van der Waals surface area contributed by atoms with Crippen molar-refractivity contribution >= 4 is 17.4 Å². The molecule has 0 spiro atoms. The zero-order chi connectivity index (χ0) is 12.7. The zero-order valence-corrected chi connectivity index (χ0v) is 11.5. The Labute approximate surface area is 113 Å². The number of rotatable bonds is 2. The molecule has 1 aromatic rings. The van der Waals surface area contributed by atoms with Crippen molar-refractivity contribution in [2.24, 2.45) is 0 Å². The van der Waals surface area contributed by atoms with Gasteiger partial charge in [-0.15, -0.1) is 0 Å². The van der Waals surface area contributed by atoms with Crippen molar-refractivity contribution in [3.8, 4) is 0 Å². The summed E-state index contributed by atoms with van der Waals surface area (Å²) in [6, 6.07) is 1.07. The van der Waals surface area contributed by atoms with Crippen LogP contribution in [-0.2, 0) is 6.42 Å². The summed E-state index contributed by atoms with van der Waals surface area (Å²) in [5.41, 5.74) is 2.32. The standard InChI is InChI=1S/C14H18ClN3/c1-3-12-13(15)14(17-8-16-12)18-10-4-5-11(18)7-9(2)6-10/h8,10-11H,2-7H2,1H3/t10-,11+. The van der Waals surface area contributed by atoms with E-state index >= 15 is 0 Å². The van der Waals surface area contributed by atoms with E-state index in [1.165, 1.54) is 18.4 Å². The number of aromatic nitrogens is 2. The molecule has 1 aromatic heterocycles. The molecule has 18 heavy (non-hydrogen) atoms. The van der Waals surface area contributed by atoms with Crippen LogP contribution in [0.1, 0.15) is 38.3 Å². The van der Waals surface area contributed by atoms with Gasteiger partial charge in [-0.05, 0) is 32.1 Å². The Balaban J connectivity index is 1.99. The molecule has 4 heteroatoms. The van der Waals surface area contributed by atoms with Crippen LogP contribution in [0.15, 0.2) is 18.5 Å². The molecule has 2 aliphatic rings. The first-order chi connectivity index (χ1) is 8.70. The van der Waals surface area contributed by atoms with E-state index in [1.54, 1.807) is 6.33 Å². The van der Waals surface area contributed by atoms with Gasteiger partial charge in [0, 0.05) is 12.1 Å². The topological polar surface area (TPSA) is 29.0 Å². The number of hydrogen-bond acceptors (Lipinski definition) is 3. The number of halogens is 1. The van der Waals surface area contributed by atoms with Crippen LogP contribution in [-0.4, -0.2) is 22.1 Å². The van der Waals surface area contributed by atoms with Gasteiger partial charge in [-0.2, -0.15) is 0 Å². The summed E-state index contributed by atoms with van der Waals surface area (Å²) >= 11 is 6.45. The van der Waals surface area contributed by atoms with Gasteiger partial charge < -0.3 is 4.90 Å². The lowest BCUT2D eigenvalue weighted by atomic mass is 9.98. The van der Waals surface area contributed by atoms with Gasteiger partial charge in [-0.25, -0.2) is 9.97 Å². The van der Waals surface area contributed by atoms with Gasteiger partial charge in [-0.1, -0.05) is 30.7 Å². The molecule has 3 rings (SSSR count). The molecule has 2 saturated heterocycles. The molecule has 0 N–H and O–H groups in total. The Bertz CT molecular complexity index is 470. The number of anilines is 1. The quantitative estimate of drug-likeness (QED) is 0.766. The normalized spacial score (nSPS) is 26.8. The van der Waals surface area contributed by atoms with Crippen molar-refractivity contribution in [1.29, 1.82) is 0 Å². The van der Waals surface area contributed by atoms with Crippen LogP contribution in [0.5, 0.6) is 0 Å². The smallest absolute Gasteiger partial charge is 0.151 e. The van der Waals surface area contributed by atoms with Crippen LogP contribution >= 0.6 is 11.6 Å². The Kier molecular flexibility index (Phi) is 3.02. The van der Waals surface area contributed by atoms with E-state index in [1.807, 2.05) is 0 Å². The number of nitrogens with zero attached hydrogens (tertiary/aromatic N) is 3. The maximum absolute atomic E-state index is 6.45. The van der Waals surface area contributed by atoms with Crippen LogP contribution in [0.2, 0.25) is 5.02 Å². The fourth-order valence-corrected chi connectivity index (χ4v) is 3.61. The number of fused-ring (bicyclic) bond motifs is 2. The van der Waals surface area contributed by atoms with Crippen LogP contribution in [0, 0.1) is 0 Å². The molecule has 0 amide bonds. The highest BCUT2D eigenvalue weighted by molar-refractivity contribution is 6.33. The second kappa shape index (κ2) is 4.54. The average Bonchev–Trinajstić information content (AvgIpc) is 2.62. The van der Waals surface area contributed by atoms with Gasteiger partial charge in [-0.3, -0.25) is 0 Å². The largest absolute Gasteiger partial charge is 0.349 e. The van der Waals surface area contributed by atoms with Gasteiger partial charge in [0.1, 0.15) is 11.3 Å². The molecule has 2 fully saturated rings. The van der Waals surface area contributed by atoms with Crippen LogP contribution in [0.25, 0.3) is 0 Å². The van der Waals surface area contributed by atoms with Gasteiger partial charge in [0.2, 0.25) is 0 Å². The minimum absolute atomic E-state index is 0.536. The average molecular weight is 264 g/mol. The predicted molar refractivity (Wildman–Crippen MR) is 74.1 cm³/mol. The SMILES string of the molecule is C=C1C[C@H]2CC[C@@H](C1)N2c1ncnc(CC)c1Cl. The third kappa shape index (κ3) is 1.81. The summed E-state index contributed by atoms with van der Waals surface area (Å²) < 4.78 is 0. The van der Waals surface area contributed by atoms with E-state index in [-0.39, 0.29) is 0 Å². The molecular weight excluding hydrogens is 246 g/mol. The van der Waals surface area contributed by atoms with E-state index in [9.17, 15) is 0 Å². The highest BCUT2D eigenvalue weighted by Gasteiger charge is 2.39. The molecule has 0 aromatic carbocycles. The summed E-state index contributed by atoms with van der Waals surface area (Å²) in [7, 11) is 0. The van der Waals surface area contributed by atoms with Crippen molar-refractivity contribution in [2.45, 2.75) is 51.1 Å². The minimum atomic E-state index is 0.536. The summed E-state index contributed by atoms with van der Waals surface area (Å²) in [4.78, 5) is 11.1. The van der Waals surface area contributed by atoms with Gasteiger partial charge in [0.05, 0.1) is 5.69 Å². The fraction of sp³-hybridized carbons (Fsp3) is 0.571. The number of aryl methyl sites for hydroxylation is 1. The molecule has 96 valence electrons. The van der Waals surface area contributed by atoms with Crippen LogP contribution in [0.4, 0.5) is 5.82 Å². The van der Waals surface area contributed by atoms with Crippen molar-refractivity contribution in [1.82, 2.24) is 9.97 Å². The Hall–Kier alpha value is -1.09. The summed E-state index contributed by atoms with van der Waals surface area (Å²) in [6.45, 7) is 6.22. The highest BCUT2D eigenvalue weighted by atomic mass is 35.5. The van der Waals surface area contributed by atoms with Crippen molar-refractivity contribution in [3.63, 3.8) is 0 Å². The molecule has 0 saturated carbocycles. The van der Waals surface area contributed by atoms with E-state index in [4.69, 9.17) is 11.6 Å². The van der Waals surface area contributed by atoms with Crippen LogP contribution in [0.3, 0.4) is 0 Å². The van der Waals surface area contributed by atoms with Crippen LogP contribution < -0.4 is 4.90 Å². The molecule has 2 bridgehead atoms. The Morgan fingerprint density at radius 2 is 2.00 bits per heavy atom. The number of hydrogen-bond donors (Lipinski definition) is 0. The fourth-order valence-electron chi connectivity index (χ4n) is 3.28. The third-order valence-corrected chi connectivity index (χ3v) is 4.48. The van der Waals surface area contributed by atoms with Gasteiger partial charge in [0.15, 0.2) is 5.82 Å². The predicted octanol–water partition coefficient (Wildman–Crippen LogP) is 3.38. The second-order valence-corrected chi connectivity index (χ2v) is 5.64. The molecule has 3 heterocycles. The molecular formula is C14H18ClN3. The van der Waals surface area contributed by atoms with Crippen molar-refractivity contribution in [2.75, 3.05) is 4.90 Å². The Morgan fingerprint density at radius 1 is 1.33 bits per heavy atom. The van der Waals surface area contributed by atoms with Crippen molar-refractivity contribution in [3.05, 3.63) is 29.2 Å². The van der Waals surface area contributed by atoms with Crippen molar-refractivity contribution < 1.29 is 0 Å². The second-order valence-electron chi connectivity index (χ2n) is 5.26. The summed E-state index contributed by atoms with van der Waals surface area (Å²) in [5.74, 6) is 0.934. The molecule has 2 aliphatic heterocycles. The lowest BCUT2D eigenvalue weighted by molar-refractivity contribution is 0.545. The third-order valence-electron chi connectivity index (χ3n) is 4.09. The molecule has 0 radical (unpaired) electrons. The van der Waals surface area contributed by atoms with E-state index in [0.717, 1.165) is 35.8 Å². The molecule has 0 aliphatic carbocycles. The van der Waals surface area contributed by atoms with E-state index in [2.05, 4.69) is 28.4 Å². The van der Waals surface area contributed by atoms with Gasteiger partial charge in [0.25, 0.3) is 0 Å². The maximum Gasteiger partial charge on any atom is 0.151 e. The van der Waals surface area contributed by atoms with Gasteiger partial charge >= 0.3 is 0 Å².